The molecular weight excluding hydrogens is 789 g/mol. The van der Waals surface area contributed by atoms with Crippen LogP contribution in [0.25, 0.3) is 44.1 Å². The van der Waals surface area contributed by atoms with Crippen molar-refractivity contribution in [2.75, 3.05) is 6.61 Å². The molecule has 6 rings (SSSR count). The molecule has 0 aliphatic carbocycles. The summed E-state index contributed by atoms with van der Waals surface area (Å²) in [7, 11) is 0. The molecule has 0 saturated heterocycles. The zero-order chi connectivity index (χ0) is 35.0. The van der Waals surface area contributed by atoms with Gasteiger partial charge in [0.15, 0.2) is 5.78 Å². The van der Waals surface area contributed by atoms with E-state index in [1.54, 1.807) is 6.33 Å². The minimum absolute atomic E-state index is 0. The first kappa shape index (κ1) is 38.3. The first-order valence-electron chi connectivity index (χ1n) is 17.5. The van der Waals surface area contributed by atoms with Gasteiger partial charge in [0.1, 0.15) is 23.4 Å². The average Bonchev–Trinajstić information content (AvgIpc) is 3.66. The summed E-state index contributed by atoms with van der Waals surface area (Å²) in [5, 5.41) is 14.3. The number of aromatic nitrogens is 2. The van der Waals surface area contributed by atoms with Gasteiger partial charge in [0.2, 0.25) is 5.71 Å². The maximum absolute atomic E-state index is 12.2. The Morgan fingerprint density at radius 2 is 1.59 bits per heavy atom. The third-order valence-corrected chi connectivity index (χ3v) is 10.9. The first-order chi connectivity index (χ1) is 22.7. The summed E-state index contributed by atoms with van der Waals surface area (Å²) in [6, 6.07) is 18.4. The molecule has 0 saturated carbocycles. The molecule has 2 aromatic heterocycles. The van der Waals surface area contributed by atoms with Gasteiger partial charge in [-0.15, -0.1) is 29.1 Å². The fraction of sp³-hybridized carbons (Fsp3) is 0.452. The number of ketones is 1. The molecule has 0 spiro atoms. The largest absolute Gasteiger partial charge is 0.512 e. The molecule has 5 aromatic rings. The Hall–Kier alpha value is -3.54. The van der Waals surface area contributed by atoms with E-state index in [-0.39, 0.29) is 47.9 Å². The Kier molecular flexibility index (Phi) is 11.5. The summed E-state index contributed by atoms with van der Waals surface area (Å²) in [4.78, 5) is 21.3. The number of aliphatic hydroxyl groups excluding tert-OH is 1. The number of hydrogen-bond acceptors (Lipinski definition) is 6. The van der Waals surface area contributed by atoms with Gasteiger partial charge in [-0.05, 0) is 37.2 Å². The monoisotopic (exact) mass is 840 g/mol. The number of carbonyl (C=O) groups excluding carboxylic acids is 1. The van der Waals surface area contributed by atoms with Gasteiger partial charge < -0.3 is 14.3 Å². The van der Waals surface area contributed by atoms with Crippen molar-refractivity contribution in [3.63, 3.8) is 0 Å². The molecule has 1 radical (unpaired) electrons. The maximum Gasteiger partial charge on any atom is 0.223 e. The van der Waals surface area contributed by atoms with Crippen LogP contribution in [-0.4, -0.2) is 27.5 Å². The first-order valence-corrected chi connectivity index (χ1v) is 17.5. The van der Waals surface area contributed by atoms with Gasteiger partial charge in [0, 0.05) is 59.6 Å². The number of hydrogen-bond donors (Lipinski definition) is 1. The predicted octanol–water partition coefficient (Wildman–Crippen LogP) is 11.4. The average molecular weight is 840 g/mol. The maximum atomic E-state index is 12.2. The normalized spacial score (nSPS) is 15.1. The van der Waals surface area contributed by atoms with Crippen LogP contribution in [-0.2, 0) is 30.3 Å². The minimum Gasteiger partial charge on any atom is -0.512 e. The molecule has 7 heteroatoms. The summed E-state index contributed by atoms with van der Waals surface area (Å²) in [5.41, 5.74) is 4.99. The van der Waals surface area contributed by atoms with E-state index in [2.05, 4.69) is 75.1 Å². The van der Waals surface area contributed by atoms with Crippen molar-refractivity contribution in [3.8, 4) is 17.0 Å². The molecule has 49 heavy (non-hydrogen) atoms. The smallest absolute Gasteiger partial charge is 0.223 e. The van der Waals surface area contributed by atoms with Crippen LogP contribution in [0.4, 0.5) is 0 Å². The van der Waals surface area contributed by atoms with Crippen molar-refractivity contribution in [1.29, 1.82) is 0 Å². The van der Waals surface area contributed by atoms with Crippen LogP contribution in [0.5, 0.6) is 5.75 Å². The number of carbonyl (C=O) groups is 1. The van der Waals surface area contributed by atoms with Crippen LogP contribution in [0.15, 0.2) is 65.0 Å². The van der Waals surface area contributed by atoms with Crippen LogP contribution in [0.3, 0.4) is 0 Å². The van der Waals surface area contributed by atoms with Crippen molar-refractivity contribution in [3.05, 3.63) is 77.8 Å². The van der Waals surface area contributed by atoms with Gasteiger partial charge in [-0.3, -0.25) is 9.78 Å². The molecule has 3 heterocycles. The molecule has 263 valence electrons. The molecule has 0 amide bonds. The fourth-order valence-electron chi connectivity index (χ4n) is 6.39. The molecule has 1 atom stereocenters. The van der Waals surface area contributed by atoms with E-state index in [9.17, 15) is 9.90 Å². The van der Waals surface area contributed by atoms with Crippen molar-refractivity contribution >= 4 is 38.6 Å². The van der Waals surface area contributed by atoms with E-state index in [0.717, 1.165) is 64.4 Å². The number of allylic oxidation sites excluding steroid dienone is 2. The van der Waals surface area contributed by atoms with Crippen molar-refractivity contribution in [2.45, 2.75) is 106 Å². The molecule has 0 fully saturated rings. The van der Waals surface area contributed by atoms with Crippen molar-refractivity contribution in [1.82, 2.24) is 9.97 Å². The number of furan rings is 1. The predicted molar refractivity (Wildman–Crippen MR) is 197 cm³/mol. The van der Waals surface area contributed by atoms with Crippen LogP contribution in [0, 0.1) is 16.9 Å². The third-order valence-electron chi connectivity index (χ3n) is 10.9. The summed E-state index contributed by atoms with van der Waals surface area (Å²) in [6.45, 7) is 21.7. The van der Waals surface area contributed by atoms with Crippen molar-refractivity contribution < 1.29 is 39.2 Å². The molecule has 1 aliphatic rings. The van der Waals surface area contributed by atoms with E-state index in [1.165, 1.54) is 22.6 Å². The molecule has 3 aromatic carbocycles. The molecule has 1 N–H and O–H groups in total. The van der Waals surface area contributed by atoms with Gasteiger partial charge in [0.05, 0.1) is 12.0 Å². The Labute approximate surface area is 305 Å². The quantitative estimate of drug-likeness (QED) is 0.0952. The standard InChI is InChI=1S/C27H23N2O2.C15H28O2.Ir/c1-15-13-30-25-18(15)9-10-21-22(25)23-24(28-14-29-26(23)31-21)17-11-16-7-5-6-8-19(16)20(12-17)27(2,3)4;1-7-14(5,8-2)12(16)11-13(17)15(6,9-3)10-4;/h5-10,12,14-15H,13H2,1-4H3;11,16H,7-10H2,1-6H3;/q-1;;/b;12-11-;. The Morgan fingerprint density at radius 3 is 2.22 bits per heavy atom. The van der Waals surface area contributed by atoms with E-state index < -0.39 is 0 Å². The summed E-state index contributed by atoms with van der Waals surface area (Å²) in [5.74, 6) is 1.54. The fourth-order valence-corrected chi connectivity index (χ4v) is 6.39. The number of aliphatic hydroxyl groups is 1. The number of fused-ring (bicyclic) bond motifs is 6. The second-order valence-electron chi connectivity index (χ2n) is 14.9. The second-order valence-corrected chi connectivity index (χ2v) is 14.9. The number of benzene rings is 3. The van der Waals surface area contributed by atoms with E-state index in [0.29, 0.717) is 18.2 Å². The SMILES string of the molecule is CC1COc2c1ccc1oc3ncnc(-c4[c-]c5ccccc5c(C(C)(C)C)c4)c3c21.CCC(C)(CC)C(=O)/C=C(\O)C(C)(CC)CC.[Ir]. The van der Waals surface area contributed by atoms with Gasteiger partial charge >= 0.3 is 0 Å². The van der Waals surface area contributed by atoms with Crippen LogP contribution in [0.2, 0.25) is 0 Å². The molecule has 0 bridgehead atoms. The zero-order valence-electron chi connectivity index (χ0n) is 30.7. The van der Waals surface area contributed by atoms with Crippen LogP contribution in [0.1, 0.15) is 112 Å². The van der Waals surface area contributed by atoms with Crippen LogP contribution < -0.4 is 4.74 Å². The van der Waals surface area contributed by atoms with E-state index >= 15 is 0 Å². The van der Waals surface area contributed by atoms with Crippen molar-refractivity contribution in [2.24, 2.45) is 10.8 Å². The topological polar surface area (TPSA) is 85.5 Å². The molecule has 1 aliphatic heterocycles. The zero-order valence-corrected chi connectivity index (χ0v) is 33.1. The molecule has 6 nitrogen and oxygen atoms in total. The second kappa shape index (κ2) is 14.7. The Balaban J connectivity index is 0.000000260. The summed E-state index contributed by atoms with van der Waals surface area (Å²) >= 11 is 0. The Bertz CT molecular complexity index is 1990. The third kappa shape index (κ3) is 7.21. The summed E-state index contributed by atoms with van der Waals surface area (Å²) < 4.78 is 12.2. The minimum atomic E-state index is -0.337. The van der Waals surface area contributed by atoms with Gasteiger partial charge in [-0.25, -0.2) is 4.98 Å². The summed E-state index contributed by atoms with van der Waals surface area (Å²) in [6.07, 6.45) is 6.33. The van der Waals surface area contributed by atoms with E-state index in [4.69, 9.17) is 14.1 Å². The number of rotatable bonds is 8. The molecular formula is C42H51IrN2O4-. The molecule has 1 unspecified atom stereocenters. The Morgan fingerprint density at radius 1 is 0.939 bits per heavy atom. The van der Waals surface area contributed by atoms with E-state index in [1.807, 2.05) is 47.6 Å². The van der Waals surface area contributed by atoms with Gasteiger partial charge in [0.25, 0.3) is 0 Å². The van der Waals surface area contributed by atoms with Crippen LogP contribution >= 0.6 is 0 Å². The number of nitrogens with zero attached hydrogens (tertiary/aromatic N) is 2. The number of ether oxygens (including phenoxy) is 1. The van der Waals surface area contributed by atoms with Gasteiger partial charge in [-0.1, -0.05) is 104 Å². The van der Waals surface area contributed by atoms with Gasteiger partial charge in [-0.2, -0.15) is 0 Å².